The Balaban J connectivity index is 0.832. The molecular formula is C59H76N4O10. The third kappa shape index (κ3) is 15.5. The molecule has 6 rings (SSSR count). The molecule has 0 fully saturated rings. The number of carboxylic acid groups (broad SMARTS) is 1. The highest BCUT2D eigenvalue weighted by molar-refractivity contribution is 5.88. The van der Waals surface area contributed by atoms with Crippen LogP contribution in [0, 0.1) is 6.92 Å². The molecule has 3 aromatic carbocycles. The van der Waals surface area contributed by atoms with Crippen molar-refractivity contribution in [2.24, 2.45) is 5.73 Å². The predicted octanol–water partition coefficient (Wildman–Crippen LogP) is 10.5. The number of nitrogens with zero attached hydrogens (tertiary/aromatic N) is 1. The van der Waals surface area contributed by atoms with E-state index in [-0.39, 0.29) is 30.9 Å². The Morgan fingerprint density at radius 1 is 0.767 bits per heavy atom. The maximum absolute atomic E-state index is 11.7. The minimum Gasteiger partial charge on any atom is -0.491 e. The number of hydrogen-bond acceptors (Lipinski definition) is 11. The summed E-state index contributed by atoms with van der Waals surface area (Å²) in [6, 6.07) is 27.2. The number of aryl methyl sites for hydroxylation is 1. The van der Waals surface area contributed by atoms with Crippen LogP contribution in [0.25, 0.3) is 6.08 Å². The Kier molecular flexibility index (Phi) is 20.6. The van der Waals surface area contributed by atoms with Crippen LogP contribution in [0.3, 0.4) is 0 Å². The average Bonchev–Trinajstić information content (AvgIpc) is 3.58. The molecule has 1 aliphatic heterocycles. The van der Waals surface area contributed by atoms with E-state index in [1.54, 1.807) is 6.07 Å². The Labute approximate surface area is 431 Å². The van der Waals surface area contributed by atoms with Gasteiger partial charge in [0, 0.05) is 40.7 Å². The molecule has 0 saturated heterocycles. The number of ether oxygens (including phenoxy) is 8. The Morgan fingerprint density at radius 2 is 1.32 bits per heavy atom. The lowest BCUT2D eigenvalue weighted by atomic mass is 9.79. The maximum Gasteiger partial charge on any atom is 0.335 e. The van der Waals surface area contributed by atoms with E-state index in [0.29, 0.717) is 83.4 Å². The topological polar surface area (TPSA) is 170 Å². The van der Waals surface area contributed by atoms with Gasteiger partial charge in [0.25, 0.3) is 0 Å². The second-order valence-corrected chi connectivity index (χ2v) is 18.9. The Hall–Kier alpha value is -6.55. The van der Waals surface area contributed by atoms with Crippen molar-refractivity contribution in [3.8, 4) is 23.0 Å². The lowest BCUT2D eigenvalue weighted by Crippen LogP contribution is -2.30. The summed E-state index contributed by atoms with van der Waals surface area (Å²) in [7, 11) is 0. The van der Waals surface area contributed by atoms with E-state index in [1.807, 2.05) is 24.3 Å². The summed E-state index contributed by atoms with van der Waals surface area (Å²) in [4.78, 5) is 15.1. The summed E-state index contributed by atoms with van der Waals surface area (Å²) in [5, 5.41) is 13.1. The quantitative estimate of drug-likeness (QED) is 0.0232. The van der Waals surface area contributed by atoms with Crippen molar-refractivity contribution in [3.05, 3.63) is 172 Å². The van der Waals surface area contributed by atoms with Crippen LogP contribution in [0.5, 0.6) is 23.0 Å². The van der Waals surface area contributed by atoms with Crippen molar-refractivity contribution < 1.29 is 47.8 Å². The number of aromatic nitrogens is 2. The number of aromatic carboxylic acids is 1. The molecule has 0 saturated carbocycles. The van der Waals surface area contributed by atoms with Gasteiger partial charge in [-0.1, -0.05) is 68.5 Å². The lowest BCUT2D eigenvalue weighted by Gasteiger charge is -2.30. The molecule has 14 nitrogen and oxygen atoms in total. The number of nitrogens with two attached hydrogens (primary N) is 1. The number of carboxylic acids is 1. The van der Waals surface area contributed by atoms with Crippen LogP contribution in [-0.2, 0) is 36.4 Å². The fourth-order valence-corrected chi connectivity index (χ4v) is 8.53. The standard InChI is InChI=1S/C59H76N4O10/c1-41(2)11-10-24-58(8,45(7)61-43(5)37-47-38-50(40-60)62-56(47)42(3)4)48-14-18-51(19-15-48)70-33-29-66-25-27-68-31-35-72-53-22-13-46(57(64)65)39-54(53)73-36-32-69-28-26-67-30-34-71-52-20-16-49(17-21-52)59(9)55-23-12-44(6)63(55)59/h10-24,37-39,42,61-62H,7,25-36,40,60H2,1-6,8-9H3,(H,64,65)/b24-10+,43-37-/t58?,59-,63?/m0/s1. The molecule has 5 aromatic rings. The monoisotopic (exact) mass is 1000 g/mol. The largest absolute Gasteiger partial charge is 0.491 e. The minimum atomic E-state index is -1.07. The first-order valence-corrected chi connectivity index (χ1v) is 25.1. The van der Waals surface area contributed by atoms with E-state index in [4.69, 9.17) is 43.6 Å². The van der Waals surface area contributed by atoms with Crippen molar-refractivity contribution in [1.82, 2.24) is 14.9 Å². The third-order valence-electron chi connectivity index (χ3n) is 12.7. The zero-order valence-corrected chi connectivity index (χ0v) is 44.0. The van der Waals surface area contributed by atoms with Crippen molar-refractivity contribution in [2.75, 3.05) is 79.3 Å². The molecule has 0 radical (unpaired) electrons. The number of rotatable bonds is 33. The van der Waals surface area contributed by atoms with Gasteiger partial charge in [-0.25, -0.2) is 4.79 Å². The number of H-pyrrole nitrogens is 1. The molecular weight excluding hydrogens is 925 g/mol. The Bertz CT molecular complexity index is 2660. The number of fused-ring (bicyclic) bond motifs is 1. The van der Waals surface area contributed by atoms with Crippen LogP contribution in [0.2, 0.25) is 0 Å². The van der Waals surface area contributed by atoms with Gasteiger partial charge in [0.05, 0.1) is 63.8 Å². The molecule has 392 valence electrons. The highest BCUT2D eigenvalue weighted by atomic mass is 16.6. The molecule has 1 unspecified atom stereocenters. The molecule has 1 aliphatic rings. The van der Waals surface area contributed by atoms with Gasteiger partial charge in [-0.15, -0.1) is 0 Å². The first-order valence-electron chi connectivity index (χ1n) is 25.1. The summed E-state index contributed by atoms with van der Waals surface area (Å²) in [6.07, 6.45) is 8.48. The van der Waals surface area contributed by atoms with Gasteiger partial charge in [-0.3, -0.25) is 0 Å². The molecule has 2 atom stereocenters. The average molecular weight is 1000 g/mol. The number of hydrogen-bond donors (Lipinski definition) is 4. The molecule has 0 aliphatic carbocycles. The van der Waals surface area contributed by atoms with E-state index in [1.165, 1.54) is 34.7 Å². The molecule has 0 amide bonds. The summed E-state index contributed by atoms with van der Waals surface area (Å²) in [5.41, 5.74) is 16.7. The molecule has 3 heterocycles. The van der Waals surface area contributed by atoms with E-state index in [0.717, 1.165) is 45.4 Å². The minimum absolute atomic E-state index is 0.0448. The maximum atomic E-state index is 11.7. The summed E-state index contributed by atoms with van der Waals surface area (Å²) < 4.78 is 48.8. The summed E-state index contributed by atoms with van der Waals surface area (Å²) in [6.45, 7) is 26.1. The van der Waals surface area contributed by atoms with E-state index in [9.17, 15) is 9.90 Å². The fourth-order valence-electron chi connectivity index (χ4n) is 8.53. The lowest BCUT2D eigenvalue weighted by molar-refractivity contribution is 0.0247. The molecule has 73 heavy (non-hydrogen) atoms. The van der Waals surface area contributed by atoms with Crippen LogP contribution < -0.4 is 30.0 Å². The molecule has 14 heteroatoms. The van der Waals surface area contributed by atoms with E-state index >= 15 is 0 Å². The van der Waals surface area contributed by atoms with Crippen molar-refractivity contribution in [2.45, 2.75) is 78.8 Å². The first kappa shape index (κ1) is 55.8. The smallest absolute Gasteiger partial charge is 0.335 e. The van der Waals surface area contributed by atoms with Crippen LogP contribution in [0.4, 0.5) is 0 Å². The number of nitrogens with one attached hydrogen (secondary N) is 2. The van der Waals surface area contributed by atoms with Gasteiger partial charge >= 0.3 is 5.97 Å². The van der Waals surface area contributed by atoms with Crippen LogP contribution in [0.15, 0.2) is 127 Å². The summed E-state index contributed by atoms with van der Waals surface area (Å²) in [5.74, 6) is 1.51. The van der Waals surface area contributed by atoms with Gasteiger partial charge in [-0.05, 0) is 131 Å². The fraction of sp³-hybridized carbons (Fsp3) is 0.407. The predicted molar refractivity (Wildman–Crippen MR) is 287 cm³/mol. The first-order chi connectivity index (χ1) is 35.1. The van der Waals surface area contributed by atoms with Gasteiger partial charge < -0.3 is 63.6 Å². The van der Waals surface area contributed by atoms with E-state index < -0.39 is 11.4 Å². The van der Waals surface area contributed by atoms with Crippen LogP contribution in [0.1, 0.15) is 104 Å². The van der Waals surface area contributed by atoms with Gasteiger partial charge in [0.2, 0.25) is 0 Å². The van der Waals surface area contributed by atoms with Crippen LogP contribution >= 0.6 is 0 Å². The van der Waals surface area contributed by atoms with Gasteiger partial charge in [0.1, 0.15) is 43.5 Å². The van der Waals surface area contributed by atoms with E-state index in [2.05, 4.69) is 144 Å². The third-order valence-corrected chi connectivity index (χ3v) is 12.7. The number of aromatic amines is 1. The second-order valence-electron chi connectivity index (χ2n) is 18.9. The molecule has 0 bridgehead atoms. The molecule has 5 N–H and O–H groups in total. The number of carbonyl (C=O) groups is 1. The highest BCUT2D eigenvalue weighted by Gasteiger charge is 2.48. The van der Waals surface area contributed by atoms with Crippen molar-refractivity contribution >= 4 is 12.0 Å². The normalized spacial score (nSPS) is 15.0. The van der Waals surface area contributed by atoms with Gasteiger partial charge in [0.15, 0.2) is 11.5 Å². The van der Waals surface area contributed by atoms with Gasteiger partial charge in [-0.2, -0.15) is 0 Å². The zero-order chi connectivity index (χ0) is 52.4. The number of benzene rings is 3. The molecule has 2 aromatic heterocycles. The van der Waals surface area contributed by atoms with Crippen molar-refractivity contribution in [1.29, 1.82) is 0 Å². The molecule has 0 spiro atoms. The Morgan fingerprint density at radius 3 is 1.84 bits per heavy atom. The SMILES string of the molecule is C=C(N/C(C)=C\c1cc(CN)[nH]c1C(C)C)C(C)(/C=C/C=C(C)C)c1ccc(OCCOCCOCCOc2ccc(C(=O)O)cc2OCCOCCOCCOc2ccc([C@@]3(C)c4ccc(C)n43)cc2)cc1. The van der Waals surface area contributed by atoms with Crippen LogP contribution in [-0.4, -0.2) is 99.9 Å². The van der Waals surface area contributed by atoms with Crippen molar-refractivity contribution in [3.63, 3.8) is 0 Å². The highest BCUT2D eigenvalue weighted by Crippen LogP contribution is 2.49. The second kappa shape index (κ2) is 26.9. The number of allylic oxidation sites excluding steroid dienone is 5. The summed E-state index contributed by atoms with van der Waals surface area (Å²) >= 11 is 0. The zero-order valence-electron chi connectivity index (χ0n) is 44.0.